The Morgan fingerprint density at radius 1 is 1.53 bits per heavy atom. The third-order valence-corrected chi connectivity index (χ3v) is 2.88. The molecule has 1 heterocycles. The van der Waals surface area contributed by atoms with E-state index in [1.54, 1.807) is 0 Å². The second-order valence-corrected chi connectivity index (χ2v) is 3.81. The molecule has 1 aliphatic rings. The summed E-state index contributed by atoms with van der Waals surface area (Å²) in [5.74, 6) is 2.50. The van der Waals surface area contributed by atoms with E-state index in [4.69, 9.17) is 16.9 Å². The van der Waals surface area contributed by atoms with Crippen LogP contribution in [-0.4, -0.2) is 32.2 Å². The minimum absolute atomic E-state index is 0.0172. The highest BCUT2D eigenvalue weighted by atomic mass is 16.5. The molecule has 0 atom stereocenters. The second kappa shape index (κ2) is 5.74. The number of hydrogen-bond donors (Lipinski definition) is 2. The number of ether oxygens (including phenoxy) is 1. The molecule has 0 aromatic rings. The summed E-state index contributed by atoms with van der Waals surface area (Å²) < 4.78 is 5.23. The van der Waals surface area contributed by atoms with Crippen molar-refractivity contribution < 1.29 is 9.53 Å². The van der Waals surface area contributed by atoms with Gasteiger partial charge in [-0.25, -0.2) is 0 Å². The Bertz CT molecular complexity index is 252. The number of nitrogens with one attached hydrogen (secondary N) is 1. The Balaban J connectivity index is 2.49. The predicted octanol–water partition coefficient (Wildman–Crippen LogP) is -0.119. The molecule has 0 aromatic heterocycles. The van der Waals surface area contributed by atoms with Crippen LogP contribution in [0.4, 0.5) is 0 Å². The molecule has 0 unspecified atom stereocenters. The highest BCUT2D eigenvalue weighted by molar-refractivity contribution is 5.83. The lowest BCUT2D eigenvalue weighted by Crippen LogP contribution is -2.49. The van der Waals surface area contributed by atoms with E-state index in [9.17, 15) is 4.79 Å². The molecule has 4 nitrogen and oxygen atoms in total. The number of carbonyl (C=O) groups is 1. The van der Waals surface area contributed by atoms with Gasteiger partial charge in [-0.05, 0) is 12.8 Å². The van der Waals surface area contributed by atoms with Crippen molar-refractivity contribution in [2.24, 2.45) is 11.1 Å². The first kappa shape index (κ1) is 12.0. The van der Waals surface area contributed by atoms with Gasteiger partial charge in [0.25, 0.3) is 0 Å². The standard InChI is InChI=1S/C11H18N2O2/c1-2-3-6-13-10(14)11(9-12)4-7-15-8-5-11/h1H,3-9,12H2,(H,13,14). The Hall–Kier alpha value is -1.05. The van der Waals surface area contributed by atoms with Crippen LogP contribution in [0.15, 0.2) is 0 Å². The van der Waals surface area contributed by atoms with Gasteiger partial charge < -0.3 is 15.8 Å². The van der Waals surface area contributed by atoms with Crippen molar-refractivity contribution in [2.75, 3.05) is 26.3 Å². The number of terminal acetylenes is 1. The first-order valence-electron chi connectivity index (χ1n) is 5.25. The van der Waals surface area contributed by atoms with Gasteiger partial charge in [0, 0.05) is 32.7 Å². The number of nitrogens with two attached hydrogens (primary N) is 1. The zero-order valence-electron chi connectivity index (χ0n) is 8.92. The van der Waals surface area contributed by atoms with Crippen LogP contribution in [0.5, 0.6) is 0 Å². The van der Waals surface area contributed by atoms with Crippen LogP contribution in [0.3, 0.4) is 0 Å². The van der Waals surface area contributed by atoms with Crippen LogP contribution in [0.1, 0.15) is 19.3 Å². The number of carbonyl (C=O) groups excluding carboxylic acids is 1. The van der Waals surface area contributed by atoms with Gasteiger partial charge in [-0.3, -0.25) is 4.79 Å². The maximum Gasteiger partial charge on any atom is 0.227 e. The molecule has 1 rings (SSSR count). The van der Waals surface area contributed by atoms with Gasteiger partial charge >= 0.3 is 0 Å². The molecule has 1 aliphatic heterocycles. The summed E-state index contributed by atoms with van der Waals surface area (Å²) in [4.78, 5) is 11.9. The van der Waals surface area contributed by atoms with Gasteiger partial charge in [0.15, 0.2) is 0 Å². The average molecular weight is 210 g/mol. The molecule has 1 saturated heterocycles. The van der Waals surface area contributed by atoms with E-state index < -0.39 is 5.41 Å². The minimum Gasteiger partial charge on any atom is -0.381 e. The monoisotopic (exact) mass is 210 g/mol. The van der Waals surface area contributed by atoms with Crippen LogP contribution in [0.25, 0.3) is 0 Å². The molecule has 0 bridgehead atoms. The smallest absolute Gasteiger partial charge is 0.227 e. The van der Waals surface area contributed by atoms with Crippen LogP contribution in [-0.2, 0) is 9.53 Å². The quantitative estimate of drug-likeness (QED) is 0.502. The van der Waals surface area contributed by atoms with Gasteiger partial charge in [0.05, 0.1) is 5.41 Å². The lowest BCUT2D eigenvalue weighted by Gasteiger charge is -2.34. The first-order chi connectivity index (χ1) is 7.25. The highest BCUT2D eigenvalue weighted by Crippen LogP contribution is 2.29. The molecule has 0 radical (unpaired) electrons. The molecule has 3 N–H and O–H groups in total. The Morgan fingerprint density at radius 2 is 2.20 bits per heavy atom. The normalized spacial score (nSPS) is 19.2. The van der Waals surface area contributed by atoms with E-state index in [1.165, 1.54) is 0 Å². The van der Waals surface area contributed by atoms with Gasteiger partial charge in [0.2, 0.25) is 5.91 Å². The van der Waals surface area contributed by atoms with Crippen LogP contribution in [0.2, 0.25) is 0 Å². The van der Waals surface area contributed by atoms with E-state index in [0.29, 0.717) is 45.6 Å². The molecule has 0 spiro atoms. The molecule has 4 heteroatoms. The molecule has 1 fully saturated rings. The lowest BCUT2D eigenvalue weighted by atomic mass is 9.79. The maximum absolute atomic E-state index is 11.9. The third-order valence-electron chi connectivity index (χ3n) is 2.88. The van der Waals surface area contributed by atoms with Crippen molar-refractivity contribution >= 4 is 5.91 Å². The Labute approximate surface area is 90.5 Å². The van der Waals surface area contributed by atoms with Crippen LogP contribution in [0, 0.1) is 17.8 Å². The molecule has 1 amide bonds. The second-order valence-electron chi connectivity index (χ2n) is 3.81. The fourth-order valence-electron chi connectivity index (χ4n) is 1.72. The van der Waals surface area contributed by atoms with Crippen molar-refractivity contribution in [3.63, 3.8) is 0 Å². The highest BCUT2D eigenvalue weighted by Gasteiger charge is 2.38. The SMILES string of the molecule is C#CCCNC(=O)C1(CN)CCOCC1. The predicted molar refractivity (Wildman–Crippen MR) is 58.0 cm³/mol. The minimum atomic E-state index is -0.438. The van der Waals surface area contributed by atoms with Crippen molar-refractivity contribution in [1.82, 2.24) is 5.32 Å². The largest absolute Gasteiger partial charge is 0.381 e. The molecule has 15 heavy (non-hydrogen) atoms. The van der Waals surface area contributed by atoms with Crippen molar-refractivity contribution in [3.05, 3.63) is 0 Å². The number of amides is 1. The van der Waals surface area contributed by atoms with Gasteiger partial charge in [-0.2, -0.15) is 0 Å². The van der Waals surface area contributed by atoms with Crippen molar-refractivity contribution in [1.29, 1.82) is 0 Å². The summed E-state index contributed by atoms with van der Waals surface area (Å²) in [5, 5.41) is 2.83. The zero-order valence-corrected chi connectivity index (χ0v) is 8.92. The molecular weight excluding hydrogens is 192 g/mol. The van der Waals surface area contributed by atoms with Gasteiger partial charge in [-0.1, -0.05) is 0 Å². The van der Waals surface area contributed by atoms with Crippen LogP contribution < -0.4 is 11.1 Å². The molecule has 0 aromatic carbocycles. The van der Waals surface area contributed by atoms with Crippen LogP contribution >= 0.6 is 0 Å². The van der Waals surface area contributed by atoms with E-state index in [0.717, 1.165) is 0 Å². The topological polar surface area (TPSA) is 64.4 Å². The molecule has 84 valence electrons. The van der Waals surface area contributed by atoms with E-state index in [-0.39, 0.29) is 5.91 Å². The fraction of sp³-hybridized carbons (Fsp3) is 0.727. The van der Waals surface area contributed by atoms with Gasteiger partial charge in [0.1, 0.15) is 0 Å². The lowest BCUT2D eigenvalue weighted by molar-refractivity contribution is -0.135. The summed E-state index contributed by atoms with van der Waals surface area (Å²) in [5.41, 5.74) is 5.25. The van der Waals surface area contributed by atoms with E-state index in [2.05, 4.69) is 11.2 Å². The van der Waals surface area contributed by atoms with Gasteiger partial charge in [-0.15, -0.1) is 12.3 Å². The summed E-state index contributed by atoms with van der Waals surface area (Å²) in [6, 6.07) is 0. The summed E-state index contributed by atoms with van der Waals surface area (Å²) in [6.07, 6.45) is 7.07. The van der Waals surface area contributed by atoms with Crippen molar-refractivity contribution in [3.8, 4) is 12.3 Å². The fourth-order valence-corrected chi connectivity index (χ4v) is 1.72. The molecule has 0 aliphatic carbocycles. The third kappa shape index (κ3) is 2.95. The summed E-state index contributed by atoms with van der Waals surface area (Å²) in [6.45, 7) is 2.12. The molecule has 0 saturated carbocycles. The summed E-state index contributed by atoms with van der Waals surface area (Å²) in [7, 11) is 0. The maximum atomic E-state index is 11.9. The van der Waals surface area contributed by atoms with E-state index in [1.807, 2.05) is 0 Å². The number of rotatable bonds is 4. The van der Waals surface area contributed by atoms with E-state index >= 15 is 0 Å². The molecular formula is C11H18N2O2. The Kier molecular flexibility index (Phi) is 4.60. The first-order valence-corrected chi connectivity index (χ1v) is 5.25. The van der Waals surface area contributed by atoms with Crippen molar-refractivity contribution in [2.45, 2.75) is 19.3 Å². The Morgan fingerprint density at radius 3 is 2.73 bits per heavy atom. The zero-order chi connectivity index (χ0) is 11.1. The average Bonchev–Trinajstić information content (AvgIpc) is 2.30. The summed E-state index contributed by atoms with van der Waals surface area (Å²) >= 11 is 0. The number of hydrogen-bond acceptors (Lipinski definition) is 3.